The van der Waals surface area contributed by atoms with Crippen molar-refractivity contribution in [2.75, 3.05) is 11.1 Å². The number of hydrogen-bond acceptors (Lipinski definition) is 3. The maximum atomic E-state index is 12.5. The summed E-state index contributed by atoms with van der Waals surface area (Å²) in [7, 11) is 1.97. The monoisotopic (exact) mass is 318 g/mol. The first-order chi connectivity index (χ1) is 11.6. The molecule has 0 fully saturated rings. The van der Waals surface area contributed by atoms with Gasteiger partial charge in [0.1, 0.15) is 7.05 Å². The molecule has 4 nitrogen and oxygen atoms in total. The van der Waals surface area contributed by atoms with Gasteiger partial charge >= 0.3 is 0 Å². The minimum absolute atomic E-state index is 0.0860. The largest absolute Gasteiger partial charge is 0.399 e. The number of nitrogens with zero attached hydrogens (tertiary/aromatic N) is 1. The number of benzene rings is 2. The summed E-state index contributed by atoms with van der Waals surface area (Å²) in [6, 6.07) is 19.0. The van der Waals surface area contributed by atoms with Gasteiger partial charge in [-0.05, 0) is 29.8 Å². The zero-order chi connectivity index (χ0) is 16.9. The first-order valence-corrected chi connectivity index (χ1v) is 7.80. The van der Waals surface area contributed by atoms with E-state index in [0.717, 1.165) is 16.9 Å². The third-order valence-corrected chi connectivity index (χ3v) is 3.80. The predicted molar refractivity (Wildman–Crippen MR) is 96.2 cm³/mol. The molecule has 0 saturated carbocycles. The molecule has 0 amide bonds. The van der Waals surface area contributed by atoms with Crippen molar-refractivity contribution in [2.24, 2.45) is 7.05 Å². The number of Topliss-reactive ketones (excluding diaryl/α,β-unsaturated/α-hetero) is 1. The van der Waals surface area contributed by atoms with E-state index < -0.39 is 0 Å². The summed E-state index contributed by atoms with van der Waals surface area (Å²) in [5.74, 6) is 0.0860. The van der Waals surface area contributed by atoms with Crippen LogP contribution in [0.2, 0.25) is 0 Å². The van der Waals surface area contributed by atoms with Gasteiger partial charge in [0.25, 0.3) is 0 Å². The molecule has 0 bridgehead atoms. The van der Waals surface area contributed by atoms with Crippen molar-refractivity contribution in [1.29, 1.82) is 0 Å². The fraction of sp³-hybridized carbons (Fsp3) is 0.100. The Kier molecular flexibility index (Phi) is 4.57. The number of pyridine rings is 1. The molecule has 0 aliphatic carbocycles. The lowest BCUT2D eigenvalue weighted by Gasteiger charge is -2.08. The minimum Gasteiger partial charge on any atom is -0.399 e. The Balaban J connectivity index is 1.73. The van der Waals surface area contributed by atoms with Crippen LogP contribution in [0.25, 0.3) is 0 Å². The van der Waals surface area contributed by atoms with E-state index in [-0.39, 0.29) is 5.78 Å². The summed E-state index contributed by atoms with van der Waals surface area (Å²) in [5, 5.41) is 3.32. The maximum Gasteiger partial charge on any atom is 0.170 e. The van der Waals surface area contributed by atoms with E-state index in [4.69, 9.17) is 5.73 Å². The molecule has 0 saturated heterocycles. The highest BCUT2D eigenvalue weighted by atomic mass is 16.1. The van der Waals surface area contributed by atoms with E-state index in [1.165, 1.54) is 0 Å². The molecule has 3 N–H and O–H groups in total. The summed E-state index contributed by atoms with van der Waals surface area (Å²) in [4.78, 5) is 12.5. The van der Waals surface area contributed by atoms with Crippen molar-refractivity contribution in [3.8, 4) is 0 Å². The molecular weight excluding hydrogens is 298 g/mol. The molecule has 0 aliphatic heterocycles. The number of ketones is 1. The van der Waals surface area contributed by atoms with Crippen LogP contribution in [0.15, 0.2) is 73.1 Å². The number of rotatable bonds is 5. The fourth-order valence-electron chi connectivity index (χ4n) is 2.44. The van der Waals surface area contributed by atoms with Crippen LogP contribution >= 0.6 is 0 Å². The van der Waals surface area contributed by atoms with Crippen molar-refractivity contribution in [1.82, 2.24) is 0 Å². The van der Waals surface area contributed by atoms with Gasteiger partial charge in [0.05, 0.1) is 5.69 Å². The number of carbonyl (C=O) groups excluding carboxylic acids is 1. The van der Waals surface area contributed by atoms with Gasteiger partial charge in [0, 0.05) is 35.5 Å². The molecule has 0 radical (unpaired) electrons. The summed E-state index contributed by atoms with van der Waals surface area (Å²) < 4.78 is 1.97. The van der Waals surface area contributed by atoms with E-state index in [1.54, 1.807) is 0 Å². The highest BCUT2D eigenvalue weighted by Gasteiger charge is 2.08. The first kappa shape index (κ1) is 15.7. The van der Waals surface area contributed by atoms with Crippen LogP contribution in [0.4, 0.5) is 17.1 Å². The molecule has 0 unspecified atom stereocenters. The second-order valence-corrected chi connectivity index (χ2v) is 5.80. The highest BCUT2D eigenvalue weighted by molar-refractivity contribution is 5.98. The Morgan fingerprint density at radius 2 is 1.71 bits per heavy atom. The van der Waals surface area contributed by atoms with Gasteiger partial charge in [-0.15, -0.1) is 0 Å². The Hall–Kier alpha value is -3.14. The van der Waals surface area contributed by atoms with Crippen molar-refractivity contribution >= 4 is 22.8 Å². The minimum atomic E-state index is 0.0860. The smallest absolute Gasteiger partial charge is 0.170 e. The van der Waals surface area contributed by atoms with E-state index in [1.807, 2.05) is 84.7 Å². The number of aromatic nitrogens is 1. The quantitative estimate of drug-likeness (QED) is 0.431. The van der Waals surface area contributed by atoms with Crippen LogP contribution in [0.1, 0.15) is 15.9 Å². The molecule has 0 spiro atoms. The zero-order valence-corrected chi connectivity index (χ0v) is 13.6. The molecule has 1 aromatic heterocycles. The van der Waals surface area contributed by atoms with Crippen LogP contribution in [-0.2, 0) is 13.5 Å². The molecule has 3 rings (SSSR count). The average Bonchev–Trinajstić information content (AvgIpc) is 2.59. The van der Waals surface area contributed by atoms with Crippen molar-refractivity contribution in [3.63, 3.8) is 0 Å². The first-order valence-electron chi connectivity index (χ1n) is 7.80. The van der Waals surface area contributed by atoms with Crippen molar-refractivity contribution in [3.05, 3.63) is 84.2 Å². The molecule has 0 atom stereocenters. The van der Waals surface area contributed by atoms with E-state index in [9.17, 15) is 4.79 Å². The molecule has 0 aliphatic rings. The summed E-state index contributed by atoms with van der Waals surface area (Å²) in [5.41, 5.74) is 9.91. The number of nitrogen functional groups attached to an aromatic ring is 1. The van der Waals surface area contributed by atoms with Crippen LogP contribution in [0.3, 0.4) is 0 Å². The molecule has 24 heavy (non-hydrogen) atoms. The van der Waals surface area contributed by atoms with Crippen molar-refractivity contribution in [2.45, 2.75) is 6.42 Å². The van der Waals surface area contributed by atoms with Gasteiger partial charge in [-0.3, -0.25) is 4.79 Å². The molecular formula is C20H20N3O+. The second-order valence-electron chi connectivity index (χ2n) is 5.80. The maximum absolute atomic E-state index is 12.5. The third kappa shape index (κ3) is 3.98. The van der Waals surface area contributed by atoms with E-state index in [0.29, 0.717) is 17.7 Å². The SMILES string of the molecule is C[n+]1ccc(Nc2cccc(C(=O)Cc3ccc(N)cc3)c2)cc1. The van der Waals surface area contributed by atoms with E-state index in [2.05, 4.69) is 5.32 Å². The molecule has 3 aromatic rings. The Bertz CT molecular complexity index is 840. The number of aryl methyl sites for hydroxylation is 1. The van der Waals surface area contributed by atoms with Gasteiger partial charge < -0.3 is 11.1 Å². The van der Waals surface area contributed by atoms with Gasteiger partial charge in [-0.25, -0.2) is 4.57 Å². The molecule has 2 aromatic carbocycles. The Labute approximate surface area is 141 Å². The van der Waals surface area contributed by atoms with Gasteiger partial charge in [-0.2, -0.15) is 0 Å². The van der Waals surface area contributed by atoms with Crippen molar-refractivity contribution < 1.29 is 9.36 Å². The number of hydrogen-bond donors (Lipinski definition) is 2. The van der Waals surface area contributed by atoms with E-state index >= 15 is 0 Å². The normalized spacial score (nSPS) is 10.4. The molecule has 4 heteroatoms. The third-order valence-electron chi connectivity index (χ3n) is 3.80. The zero-order valence-electron chi connectivity index (χ0n) is 13.6. The number of nitrogens with two attached hydrogens (primary N) is 1. The lowest BCUT2D eigenvalue weighted by atomic mass is 10.0. The Morgan fingerprint density at radius 1 is 1.00 bits per heavy atom. The van der Waals surface area contributed by atoms with Crippen LogP contribution in [-0.4, -0.2) is 5.78 Å². The van der Waals surface area contributed by atoms with Crippen LogP contribution < -0.4 is 15.6 Å². The average molecular weight is 318 g/mol. The standard InChI is InChI=1S/C20H19N3O/c1-23-11-9-18(10-12-23)22-19-4-2-3-16(14-19)20(24)13-15-5-7-17(21)8-6-15/h2-12,14H,13,21H2,1H3/p+1. The van der Waals surface area contributed by atoms with Gasteiger partial charge in [-0.1, -0.05) is 24.3 Å². The Morgan fingerprint density at radius 3 is 2.42 bits per heavy atom. The molecule has 120 valence electrons. The van der Waals surface area contributed by atoms with Gasteiger partial charge in [0.2, 0.25) is 0 Å². The summed E-state index contributed by atoms with van der Waals surface area (Å²) in [6.07, 6.45) is 4.31. The lowest BCUT2D eigenvalue weighted by Crippen LogP contribution is -2.25. The van der Waals surface area contributed by atoms with Gasteiger partial charge in [0.15, 0.2) is 18.2 Å². The number of carbonyl (C=O) groups is 1. The number of anilines is 3. The predicted octanol–water partition coefficient (Wildman–Crippen LogP) is 3.26. The fourth-order valence-corrected chi connectivity index (χ4v) is 2.44. The lowest BCUT2D eigenvalue weighted by molar-refractivity contribution is -0.671. The highest BCUT2D eigenvalue weighted by Crippen LogP contribution is 2.18. The summed E-state index contributed by atoms with van der Waals surface area (Å²) >= 11 is 0. The molecule has 1 heterocycles. The van der Waals surface area contributed by atoms with Crippen LogP contribution in [0.5, 0.6) is 0 Å². The number of nitrogens with one attached hydrogen (secondary N) is 1. The van der Waals surface area contributed by atoms with Crippen LogP contribution in [0, 0.1) is 0 Å². The summed E-state index contributed by atoms with van der Waals surface area (Å²) in [6.45, 7) is 0. The second kappa shape index (κ2) is 6.96. The topological polar surface area (TPSA) is 59.0 Å².